The van der Waals surface area contributed by atoms with Gasteiger partial charge in [-0.05, 0) is 25.0 Å². The van der Waals surface area contributed by atoms with Gasteiger partial charge >= 0.3 is 6.61 Å². The Morgan fingerprint density at radius 2 is 2.11 bits per heavy atom. The number of halogens is 5. The SMILES string of the molecule is CN=C(NCCC1=CCOCC1)NCc1cc(Cl)cc(Cl)c1OC(F)F.I. The second-order valence-electron chi connectivity index (χ2n) is 5.54. The van der Waals surface area contributed by atoms with Gasteiger partial charge in [-0.3, -0.25) is 4.99 Å². The molecule has 0 amide bonds. The van der Waals surface area contributed by atoms with Crippen LogP contribution in [0.3, 0.4) is 0 Å². The Hall–Kier alpha value is -0.840. The van der Waals surface area contributed by atoms with Gasteiger partial charge in [-0.2, -0.15) is 8.78 Å². The van der Waals surface area contributed by atoms with Crippen LogP contribution in [0.25, 0.3) is 0 Å². The minimum atomic E-state index is -2.97. The van der Waals surface area contributed by atoms with Crippen molar-refractivity contribution in [1.82, 2.24) is 10.6 Å². The number of alkyl halides is 2. The number of rotatable bonds is 7. The number of nitrogens with zero attached hydrogens (tertiary/aromatic N) is 1. The van der Waals surface area contributed by atoms with Gasteiger partial charge in [0.05, 0.1) is 18.2 Å². The van der Waals surface area contributed by atoms with Crippen molar-refractivity contribution in [2.45, 2.75) is 26.0 Å². The van der Waals surface area contributed by atoms with Crippen LogP contribution in [-0.4, -0.2) is 39.4 Å². The van der Waals surface area contributed by atoms with Crippen molar-refractivity contribution in [3.8, 4) is 5.75 Å². The molecular weight excluding hydrogens is 514 g/mol. The molecule has 1 aliphatic rings. The number of aliphatic imine (C=N–C) groups is 1. The summed E-state index contributed by atoms with van der Waals surface area (Å²) in [7, 11) is 1.63. The molecule has 152 valence electrons. The van der Waals surface area contributed by atoms with Crippen LogP contribution in [0, 0.1) is 0 Å². The van der Waals surface area contributed by atoms with Crippen molar-refractivity contribution < 1.29 is 18.3 Å². The predicted octanol–water partition coefficient (Wildman–Crippen LogP) is 4.61. The van der Waals surface area contributed by atoms with Gasteiger partial charge in [0.25, 0.3) is 0 Å². The van der Waals surface area contributed by atoms with E-state index in [1.807, 2.05) is 0 Å². The number of ether oxygens (including phenoxy) is 2. The zero-order valence-corrected chi connectivity index (χ0v) is 18.6. The second kappa shape index (κ2) is 12.6. The van der Waals surface area contributed by atoms with Crippen molar-refractivity contribution in [2.75, 3.05) is 26.8 Å². The monoisotopic (exact) mass is 535 g/mol. The van der Waals surface area contributed by atoms with Gasteiger partial charge in [-0.25, -0.2) is 0 Å². The summed E-state index contributed by atoms with van der Waals surface area (Å²) in [4.78, 5) is 4.12. The summed E-state index contributed by atoms with van der Waals surface area (Å²) in [5, 5.41) is 6.59. The first kappa shape index (κ1) is 24.2. The number of hydrogen-bond donors (Lipinski definition) is 2. The van der Waals surface area contributed by atoms with Gasteiger partial charge < -0.3 is 20.1 Å². The Kier molecular flexibility index (Phi) is 11.3. The number of benzene rings is 1. The minimum absolute atomic E-state index is 0. The van der Waals surface area contributed by atoms with E-state index in [1.54, 1.807) is 7.05 Å². The lowest BCUT2D eigenvalue weighted by atomic mass is 10.1. The second-order valence-corrected chi connectivity index (χ2v) is 6.39. The molecule has 0 radical (unpaired) electrons. The Labute approximate surface area is 184 Å². The Morgan fingerprint density at radius 1 is 1.33 bits per heavy atom. The quantitative estimate of drug-likeness (QED) is 0.232. The first-order valence-electron chi connectivity index (χ1n) is 8.12. The van der Waals surface area contributed by atoms with E-state index in [1.165, 1.54) is 17.7 Å². The van der Waals surface area contributed by atoms with Crippen LogP contribution in [0.2, 0.25) is 10.0 Å². The summed E-state index contributed by atoms with van der Waals surface area (Å²) < 4.78 is 35.0. The van der Waals surface area contributed by atoms with E-state index in [0.29, 0.717) is 29.7 Å². The van der Waals surface area contributed by atoms with Gasteiger partial charge in [0.1, 0.15) is 5.75 Å². The third-order valence-electron chi connectivity index (χ3n) is 3.76. The Balaban J connectivity index is 0.00000364. The lowest BCUT2D eigenvalue weighted by molar-refractivity contribution is -0.0504. The summed E-state index contributed by atoms with van der Waals surface area (Å²) in [6.07, 6.45) is 3.90. The van der Waals surface area contributed by atoms with Crippen molar-refractivity contribution in [1.29, 1.82) is 0 Å². The molecule has 10 heteroatoms. The van der Waals surface area contributed by atoms with Gasteiger partial charge in [0.15, 0.2) is 5.96 Å². The average Bonchev–Trinajstić information content (AvgIpc) is 2.61. The maximum absolute atomic E-state index is 12.6. The van der Waals surface area contributed by atoms with E-state index in [-0.39, 0.29) is 41.3 Å². The molecule has 0 unspecified atom stereocenters. The lowest BCUT2D eigenvalue weighted by Crippen LogP contribution is -2.37. The molecule has 1 aromatic carbocycles. The van der Waals surface area contributed by atoms with Crippen LogP contribution >= 0.6 is 47.2 Å². The largest absolute Gasteiger partial charge is 0.433 e. The third kappa shape index (κ3) is 8.37. The van der Waals surface area contributed by atoms with E-state index in [9.17, 15) is 8.78 Å². The molecule has 0 aliphatic carbocycles. The van der Waals surface area contributed by atoms with Gasteiger partial charge in [0, 0.05) is 30.7 Å². The summed E-state index contributed by atoms with van der Waals surface area (Å²) in [5.41, 5.74) is 1.76. The highest BCUT2D eigenvalue weighted by Gasteiger charge is 2.15. The molecule has 0 atom stereocenters. The van der Waals surface area contributed by atoms with Crippen molar-refractivity contribution in [3.63, 3.8) is 0 Å². The van der Waals surface area contributed by atoms with Crippen LogP contribution in [0.4, 0.5) is 8.78 Å². The lowest BCUT2D eigenvalue weighted by Gasteiger charge is -2.17. The fraction of sp³-hybridized carbons (Fsp3) is 0.471. The molecule has 0 bridgehead atoms. The predicted molar refractivity (Wildman–Crippen MR) is 115 cm³/mol. The van der Waals surface area contributed by atoms with E-state index in [2.05, 4.69) is 26.4 Å². The van der Waals surface area contributed by atoms with Crippen molar-refractivity contribution in [3.05, 3.63) is 39.4 Å². The van der Waals surface area contributed by atoms with Crippen molar-refractivity contribution in [2.24, 2.45) is 4.99 Å². The molecule has 0 saturated carbocycles. The molecule has 27 heavy (non-hydrogen) atoms. The summed E-state index contributed by atoms with van der Waals surface area (Å²) in [5.74, 6) is 0.443. The number of hydrogen-bond acceptors (Lipinski definition) is 3. The molecule has 2 rings (SSSR count). The third-order valence-corrected chi connectivity index (χ3v) is 4.26. The molecule has 1 aromatic rings. The highest BCUT2D eigenvalue weighted by Crippen LogP contribution is 2.33. The minimum Gasteiger partial charge on any atom is -0.433 e. The molecule has 0 spiro atoms. The van der Waals surface area contributed by atoms with E-state index in [0.717, 1.165) is 19.4 Å². The standard InChI is InChI=1S/C17H21Cl2F2N3O2.HI/c1-22-17(23-5-2-11-3-6-25-7-4-11)24-10-12-8-13(18)9-14(19)15(12)26-16(20)21;/h3,8-9,16H,2,4-7,10H2,1H3,(H2,22,23,24);1H. The highest BCUT2D eigenvalue weighted by atomic mass is 127. The maximum atomic E-state index is 12.6. The molecule has 1 heterocycles. The Bertz CT molecular complexity index is 676. The topological polar surface area (TPSA) is 54.9 Å². The zero-order valence-electron chi connectivity index (χ0n) is 14.7. The van der Waals surface area contributed by atoms with Gasteiger partial charge in [-0.15, -0.1) is 24.0 Å². The summed E-state index contributed by atoms with van der Waals surface area (Å²) >= 11 is 11.9. The first-order valence-corrected chi connectivity index (χ1v) is 8.88. The number of nitrogens with one attached hydrogen (secondary N) is 2. The summed E-state index contributed by atoms with van der Waals surface area (Å²) in [6, 6.07) is 2.89. The van der Waals surface area contributed by atoms with E-state index >= 15 is 0 Å². The van der Waals surface area contributed by atoms with E-state index in [4.69, 9.17) is 27.9 Å². The van der Waals surface area contributed by atoms with Crippen LogP contribution in [0.15, 0.2) is 28.8 Å². The maximum Gasteiger partial charge on any atom is 0.387 e. The van der Waals surface area contributed by atoms with Crippen LogP contribution in [0.1, 0.15) is 18.4 Å². The average molecular weight is 536 g/mol. The fourth-order valence-electron chi connectivity index (χ4n) is 2.50. The van der Waals surface area contributed by atoms with E-state index < -0.39 is 6.61 Å². The smallest absolute Gasteiger partial charge is 0.387 e. The highest BCUT2D eigenvalue weighted by molar-refractivity contribution is 14.0. The molecule has 5 nitrogen and oxygen atoms in total. The molecule has 0 fully saturated rings. The van der Waals surface area contributed by atoms with Crippen LogP contribution in [-0.2, 0) is 11.3 Å². The molecule has 1 aliphatic heterocycles. The van der Waals surface area contributed by atoms with Gasteiger partial charge in [0.2, 0.25) is 0 Å². The number of guanidine groups is 1. The summed E-state index contributed by atoms with van der Waals surface area (Å²) in [6.45, 7) is -0.690. The molecule has 2 N–H and O–H groups in total. The molecule has 0 aromatic heterocycles. The van der Waals surface area contributed by atoms with Crippen LogP contribution in [0.5, 0.6) is 5.75 Å². The van der Waals surface area contributed by atoms with Crippen molar-refractivity contribution >= 4 is 53.1 Å². The molecular formula is C17H22Cl2F2IN3O2. The normalized spacial score (nSPS) is 14.4. The first-order chi connectivity index (χ1) is 12.5. The fourth-order valence-corrected chi connectivity index (χ4v) is 3.08. The molecule has 0 saturated heterocycles. The zero-order chi connectivity index (χ0) is 18.9. The van der Waals surface area contributed by atoms with Crippen LogP contribution < -0.4 is 15.4 Å². The Morgan fingerprint density at radius 3 is 2.74 bits per heavy atom. The van der Waals surface area contributed by atoms with Gasteiger partial charge in [-0.1, -0.05) is 34.9 Å².